The third-order valence-corrected chi connectivity index (χ3v) is 3.00. The summed E-state index contributed by atoms with van der Waals surface area (Å²) >= 11 is 0. The van der Waals surface area contributed by atoms with Crippen LogP contribution in [0.15, 0.2) is 60.7 Å². The fourth-order valence-electron chi connectivity index (χ4n) is 1.92. The minimum Gasteiger partial charge on any atom is -0.399 e. The summed E-state index contributed by atoms with van der Waals surface area (Å²) in [4.78, 5) is 11.9. The van der Waals surface area contributed by atoms with Crippen molar-refractivity contribution in [3.05, 3.63) is 71.8 Å². The molecule has 3 nitrogen and oxygen atoms in total. The van der Waals surface area contributed by atoms with Crippen LogP contribution in [0.2, 0.25) is 0 Å². The monoisotopic (exact) mass is 266 g/mol. The molecule has 1 unspecified atom stereocenters. The lowest BCUT2D eigenvalue weighted by atomic mass is 10.1. The average Bonchev–Trinajstić information content (AvgIpc) is 2.46. The highest BCUT2D eigenvalue weighted by Gasteiger charge is 2.06. The number of benzene rings is 2. The molecule has 0 fully saturated rings. The summed E-state index contributed by atoms with van der Waals surface area (Å²) in [6.45, 7) is 1.96. The van der Waals surface area contributed by atoms with Crippen molar-refractivity contribution in [3.8, 4) is 0 Å². The maximum Gasteiger partial charge on any atom is 0.244 e. The second-order valence-electron chi connectivity index (χ2n) is 4.64. The van der Waals surface area contributed by atoms with Crippen LogP contribution in [0.1, 0.15) is 24.1 Å². The van der Waals surface area contributed by atoms with E-state index in [1.807, 2.05) is 61.5 Å². The van der Waals surface area contributed by atoms with Gasteiger partial charge in [0, 0.05) is 11.8 Å². The van der Waals surface area contributed by atoms with Gasteiger partial charge in [0.15, 0.2) is 0 Å². The zero-order valence-electron chi connectivity index (χ0n) is 11.4. The first-order valence-corrected chi connectivity index (χ1v) is 6.54. The Morgan fingerprint density at radius 2 is 1.90 bits per heavy atom. The zero-order chi connectivity index (χ0) is 14.4. The number of amides is 1. The molecule has 3 heteroatoms. The number of rotatable bonds is 4. The van der Waals surface area contributed by atoms with Gasteiger partial charge in [0.2, 0.25) is 5.91 Å². The van der Waals surface area contributed by atoms with E-state index < -0.39 is 0 Å². The van der Waals surface area contributed by atoms with Crippen molar-refractivity contribution in [3.63, 3.8) is 0 Å². The first-order chi connectivity index (χ1) is 9.65. The Bertz CT molecular complexity index is 605. The Kier molecular flexibility index (Phi) is 4.56. The van der Waals surface area contributed by atoms with Gasteiger partial charge in [-0.3, -0.25) is 4.79 Å². The van der Waals surface area contributed by atoms with E-state index in [1.54, 1.807) is 6.08 Å². The van der Waals surface area contributed by atoms with Crippen molar-refractivity contribution in [2.75, 3.05) is 5.73 Å². The SMILES string of the molecule is CC(NC(=O)/C=C/c1cccc(N)c1)c1ccccc1. The number of nitrogens with one attached hydrogen (secondary N) is 1. The molecule has 0 bridgehead atoms. The fraction of sp³-hybridized carbons (Fsp3) is 0.118. The lowest BCUT2D eigenvalue weighted by Gasteiger charge is -2.12. The maximum absolute atomic E-state index is 11.9. The van der Waals surface area contributed by atoms with Crippen molar-refractivity contribution in [2.45, 2.75) is 13.0 Å². The average molecular weight is 266 g/mol. The van der Waals surface area contributed by atoms with E-state index in [-0.39, 0.29) is 11.9 Å². The summed E-state index contributed by atoms with van der Waals surface area (Å²) in [5, 5.41) is 2.92. The highest BCUT2D eigenvalue weighted by Crippen LogP contribution is 2.11. The quantitative estimate of drug-likeness (QED) is 0.659. The Hall–Kier alpha value is -2.55. The van der Waals surface area contributed by atoms with Gasteiger partial charge in [-0.25, -0.2) is 0 Å². The molecule has 0 radical (unpaired) electrons. The summed E-state index contributed by atoms with van der Waals surface area (Å²) in [5.41, 5.74) is 8.36. The van der Waals surface area contributed by atoms with Crippen LogP contribution in [0.3, 0.4) is 0 Å². The summed E-state index contributed by atoms with van der Waals surface area (Å²) in [7, 11) is 0. The molecule has 0 spiro atoms. The molecular weight excluding hydrogens is 248 g/mol. The van der Waals surface area contributed by atoms with E-state index in [0.717, 1.165) is 11.1 Å². The van der Waals surface area contributed by atoms with Gasteiger partial charge < -0.3 is 11.1 Å². The number of hydrogen-bond acceptors (Lipinski definition) is 2. The maximum atomic E-state index is 11.9. The second-order valence-corrected chi connectivity index (χ2v) is 4.64. The lowest BCUT2D eigenvalue weighted by molar-refractivity contribution is -0.117. The molecule has 1 amide bonds. The Morgan fingerprint density at radius 3 is 2.60 bits per heavy atom. The minimum atomic E-state index is -0.122. The third-order valence-electron chi connectivity index (χ3n) is 3.00. The van der Waals surface area contributed by atoms with Crippen LogP contribution >= 0.6 is 0 Å². The van der Waals surface area contributed by atoms with Crippen LogP contribution < -0.4 is 11.1 Å². The van der Waals surface area contributed by atoms with Gasteiger partial charge in [-0.1, -0.05) is 42.5 Å². The van der Waals surface area contributed by atoms with Gasteiger partial charge in [0.1, 0.15) is 0 Å². The highest BCUT2D eigenvalue weighted by atomic mass is 16.1. The predicted octanol–water partition coefficient (Wildman–Crippen LogP) is 3.16. The summed E-state index contributed by atoms with van der Waals surface area (Å²) in [5.74, 6) is -0.122. The van der Waals surface area contributed by atoms with Crippen molar-refractivity contribution in [1.29, 1.82) is 0 Å². The number of nitrogens with two attached hydrogens (primary N) is 1. The summed E-state index contributed by atoms with van der Waals surface area (Å²) in [6.07, 6.45) is 3.28. The van der Waals surface area contributed by atoms with E-state index in [1.165, 1.54) is 6.08 Å². The molecule has 0 aromatic heterocycles. The Labute approximate surface area is 119 Å². The molecule has 0 saturated heterocycles. The molecule has 0 heterocycles. The van der Waals surface area contributed by atoms with Crippen molar-refractivity contribution >= 4 is 17.7 Å². The second kappa shape index (κ2) is 6.57. The molecule has 0 aliphatic rings. The highest BCUT2D eigenvalue weighted by molar-refractivity contribution is 5.92. The smallest absolute Gasteiger partial charge is 0.244 e. The summed E-state index contributed by atoms with van der Waals surface area (Å²) in [6, 6.07) is 17.2. The largest absolute Gasteiger partial charge is 0.399 e. The first-order valence-electron chi connectivity index (χ1n) is 6.54. The van der Waals surface area contributed by atoms with Gasteiger partial charge in [0.25, 0.3) is 0 Å². The van der Waals surface area contributed by atoms with Crippen LogP contribution in [-0.4, -0.2) is 5.91 Å². The molecule has 20 heavy (non-hydrogen) atoms. The van der Waals surface area contributed by atoms with Crippen LogP contribution in [0.25, 0.3) is 6.08 Å². The van der Waals surface area contributed by atoms with E-state index >= 15 is 0 Å². The normalized spacial score (nSPS) is 12.2. The van der Waals surface area contributed by atoms with Gasteiger partial charge >= 0.3 is 0 Å². The summed E-state index contributed by atoms with van der Waals surface area (Å²) < 4.78 is 0. The van der Waals surface area contributed by atoms with Crippen LogP contribution in [-0.2, 0) is 4.79 Å². The standard InChI is InChI=1S/C17H18N2O/c1-13(15-7-3-2-4-8-15)19-17(20)11-10-14-6-5-9-16(18)12-14/h2-13H,18H2,1H3,(H,19,20)/b11-10+. The molecule has 102 valence electrons. The molecule has 2 aromatic rings. The molecule has 2 rings (SSSR count). The lowest BCUT2D eigenvalue weighted by Crippen LogP contribution is -2.24. The van der Waals surface area contributed by atoms with Crippen LogP contribution in [0.5, 0.6) is 0 Å². The number of nitrogen functional groups attached to an aromatic ring is 1. The molecular formula is C17H18N2O. The van der Waals surface area contributed by atoms with Gasteiger partial charge in [0.05, 0.1) is 6.04 Å². The van der Waals surface area contributed by atoms with Crippen molar-refractivity contribution < 1.29 is 4.79 Å². The van der Waals surface area contributed by atoms with Gasteiger partial charge in [-0.05, 0) is 36.3 Å². The number of hydrogen-bond donors (Lipinski definition) is 2. The number of anilines is 1. The van der Waals surface area contributed by atoms with Crippen molar-refractivity contribution in [2.24, 2.45) is 0 Å². The van der Waals surface area contributed by atoms with Gasteiger partial charge in [-0.15, -0.1) is 0 Å². The zero-order valence-corrected chi connectivity index (χ0v) is 11.4. The topological polar surface area (TPSA) is 55.1 Å². The molecule has 2 aromatic carbocycles. The van der Waals surface area contributed by atoms with Gasteiger partial charge in [-0.2, -0.15) is 0 Å². The van der Waals surface area contributed by atoms with E-state index in [4.69, 9.17) is 5.73 Å². The van der Waals surface area contributed by atoms with Crippen LogP contribution in [0.4, 0.5) is 5.69 Å². The third kappa shape index (κ3) is 3.99. The molecule has 1 atom stereocenters. The molecule has 0 saturated carbocycles. The van der Waals surface area contributed by atoms with E-state index in [9.17, 15) is 4.79 Å². The fourth-order valence-corrected chi connectivity index (χ4v) is 1.92. The van der Waals surface area contributed by atoms with Crippen LogP contribution in [0, 0.1) is 0 Å². The molecule has 0 aliphatic carbocycles. The van der Waals surface area contributed by atoms with E-state index in [0.29, 0.717) is 5.69 Å². The van der Waals surface area contributed by atoms with Crippen molar-refractivity contribution in [1.82, 2.24) is 5.32 Å². The number of carbonyl (C=O) groups is 1. The minimum absolute atomic E-state index is 0.0193. The van der Waals surface area contributed by atoms with E-state index in [2.05, 4.69) is 5.32 Å². The first kappa shape index (κ1) is 13.9. The number of carbonyl (C=O) groups excluding carboxylic acids is 1. The molecule has 0 aliphatic heterocycles. The Balaban J connectivity index is 1.96. The predicted molar refractivity (Wildman–Crippen MR) is 82.9 cm³/mol. The molecule has 3 N–H and O–H groups in total. The Morgan fingerprint density at radius 1 is 1.15 bits per heavy atom.